The number of nitrogens with zero attached hydrogens (tertiary/aromatic N) is 2. The summed E-state index contributed by atoms with van der Waals surface area (Å²) in [4.78, 5) is 16.3. The number of halogens is 1. The first-order valence-corrected chi connectivity index (χ1v) is 8.18. The number of urea groups is 1. The fraction of sp³-hybridized carbons (Fsp3) is 0.533. The zero-order valence-electron chi connectivity index (χ0n) is 12.2. The first kappa shape index (κ1) is 16.3. The lowest BCUT2D eigenvalue weighted by atomic mass is 10.1. The topological polar surface area (TPSA) is 61.6 Å². The second-order valence-corrected chi connectivity index (χ2v) is 6.05. The van der Waals surface area contributed by atoms with Crippen molar-refractivity contribution >= 4 is 22.0 Å². The Morgan fingerprint density at radius 3 is 2.62 bits per heavy atom. The molecule has 0 aliphatic carbocycles. The molecule has 1 aliphatic rings. The number of carbonyl (C=O) groups excluding carboxylic acids is 1. The van der Waals surface area contributed by atoms with Gasteiger partial charge in [-0.1, -0.05) is 34.1 Å². The lowest BCUT2D eigenvalue weighted by Gasteiger charge is -2.34. The SMILES string of the molecule is NCCN1CCN(C(=O)NCCc2ccccc2Br)CC1. The minimum Gasteiger partial charge on any atom is -0.338 e. The smallest absolute Gasteiger partial charge is 0.317 e. The van der Waals surface area contributed by atoms with Crippen LogP contribution in [0.15, 0.2) is 28.7 Å². The van der Waals surface area contributed by atoms with Gasteiger partial charge in [0.1, 0.15) is 0 Å². The maximum Gasteiger partial charge on any atom is 0.317 e. The van der Waals surface area contributed by atoms with Crippen LogP contribution in [0.4, 0.5) is 4.79 Å². The monoisotopic (exact) mass is 354 g/mol. The zero-order chi connectivity index (χ0) is 15.1. The van der Waals surface area contributed by atoms with Gasteiger partial charge in [-0.25, -0.2) is 4.79 Å². The van der Waals surface area contributed by atoms with Crippen molar-refractivity contribution in [3.05, 3.63) is 34.3 Å². The average molecular weight is 355 g/mol. The van der Waals surface area contributed by atoms with Crippen molar-refractivity contribution in [1.29, 1.82) is 0 Å². The number of hydrogen-bond acceptors (Lipinski definition) is 3. The second kappa shape index (κ2) is 8.36. The van der Waals surface area contributed by atoms with Crippen LogP contribution >= 0.6 is 15.9 Å². The van der Waals surface area contributed by atoms with Gasteiger partial charge in [0.2, 0.25) is 0 Å². The highest BCUT2D eigenvalue weighted by Crippen LogP contribution is 2.15. The van der Waals surface area contributed by atoms with Crippen LogP contribution in [0.1, 0.15) is 5.56 Å². The standard InChI is InChI=1S/C15H23BrN4O/c16-14-4-2-1-3-13(14)5-7-18-15(21)20-11-9-19(8-6-17)10-12-20/h1-4H,5-12,17H2,(H,18,21). The van der Waals surface area contributed by atoms with E-state index in [2.05, 4.69) is 32.2 Å². The molecule has 0 bridgehead atoms. The van der Waals surface area contributed by atoms with E-state index in [0.29, 0.717) is 13.1 Å². The molecular formula is C15H23BrN4O. The van der Waals surface area contributed by atoms with Gasteiger partial charge in [0, 0.05) is 50.3 Å². The molecule has 6 heteroatoms. The van der Waals surface area contributed by atoms with E-state index in [1.54, 1.807) is 0 Å². The predicted octanol–water partition coefficient (Wildman–Crippen LogP) is 1.28. The van der Waals surface area contributed by atoms with Crippen molar-refractivity contribution in [3.63, 3.8) is 0 Å². The maximum absolute atomic E-state index is 12.1. The zero-order valence-corrected chi connectivity index (χ0v) is 13.8. The van der Waals surface area contributed by atoms with Crippen molar-refractivity contribution in [1.82, 2.24) is 15.1 Å². The molecule has 1 fully saturated rings. The van der Waals surface area contributed by atoms with Crippen LogP contribution in [-0.2, 0) is 6.42 Å². The third kappa shape index (κ3) is 4.98. The molecule has 116 valence electrons. The van der Waals surface area contributed by atoms with Crippen LogP contribution in [-0.4, -0.2) is 61.6 Å². The van der Waals surface area contributed by atoms with Crippen molar-refractivity contribution < 1.29 is 4.79 Å². The van der Waals surface area contributed by atoms with E-state index in [-0.39, 0.29) is 6.03 Å². The average Bonchev–Trinajstić information content (AvgIpc) is 2.50. The third-order valence-corrected chi connectivity index (χ3v) is 4.51. The van der Waals surface area contributed by atoms with Gasteiger partial charge in [0.05, 0.1) is 0 Å². The highest BCUT2D eigenvalue weighted by molar-refractivity contribution is 9.10. The summed E-state index contributed by atoms with van der Waals surface area (Å²) in [5.74, 6) is 0. The minimum absolute atomic E-state index is 0.0365. The van der Waals surface area contributed by atoms with Gasteiger partial charge >= 0.3 is 6.03 Å². The Balaban J connectivity index is 1.70. The largest absolute Gasteiger partial charge is 0.338 e. The first-order chi connectivity index (χ1) is 10.2. The second-order valence-electron chi connectivity index (χ2n) is 5.19. The van der Waals surface area contributed by atoms with Gasteiger partial charge in [0.15, 0.2) is 0 Å². The van der Waals surface area contributed by atoms with E-state index in [1.807, 2.05) is 23.1 Å². The molecule has 0 saturated carbocycles. The van der Waals surface area contributed by atoms with Gasteiger partial charge < -0.3 is 16.0 Å². The van der Waals surface area contributed by atoms with E-state index < -0.39 is 0 Å². The van der Waals surface area contributed by atoms with Crippen LogP contribution in [0.25, 0.3) is 0 Å². The Morgan fingerprint density at radius 2 is 1.95 bits per heavy atom. The Bertz CT molecular complexity index is 461. The molecule has 0 atom stereocenters. The molecular weight excluding hydrogens is 332 g/mol. The van der Waals surface area contributed by atoms with Gasteiger partial charge in [-0.15, -0.1) is 0 Å². The van der Waals surface area contributed by atoms with E-state index in [9.17, 15) is 4.79 Å². The highest BCUT2D eigenvalue weighted by atomic mass is 79.9. The quantitative estimate of drug-likeness (QED) is 0.837. The summed E-state index contributed by atoms with van der Waals surface area (Å²) in [5.41, 5.74) is 6.76. The van der Waals surface area contributed by atoms with Crippen molar-refractivity contribution in [2.45, 2.75) is 6.42 Å². The molecule has 0 radical (unpaired) electrons. The molecule has 3 N–H and O–H groups in total. The molecule has 2 rings (SSSR count). The van der Waals surface area contributed by atoms with Crippen molar-refractivity contribution in [3.8, 4) is 0 Å². The summed E-state index contributed by atoms with van der Waals surface area (Å²) in [6.07, 6.45) is 0.834. The van der Waals surface area contributed by atoms with Crippen molar-refractivity contribution in [2.24, 2.45) is 5.73 Å². The first-order valence-electron chi connectivity index (χ1n) is 7.39. The van der Waals surface area contributed by atoms with Gasteiger partial charge in [-0.05, 0) is 18.1 Å². The fourth-order valence-corrected chi connectivity index (χ4v) is 2.96. The summed E-state index contributed by atoms with van der Waals surface area (Å²) in [6.45, 7) is 5.63. The molecule has 2 amide bonds. The maximum atomic E-state index is 12.1. The fourth-order valence-electron chi connectivity index (χ4n) is 2.47. The van der Waals surface area contributed by atoms with Crippen molar-refractivity contribution in [2.75, 3.05) is 45.8 Å². The minimum atomic E-state index is 0.0365. The number of nitrogens with two attached hydrogens (primary N) is 1. The summed E-state index contributed by atoms with van der Waals surface area (Å²) in [7, 11) is 0. The number of carbonyl (C=O) groups is 1. The third-order valence-electron chi connectivity index (χ3n) is 3.73. The molecule has 1 heterocycles. The Hall–Kier alpha value is -1.11. The van der Waals surface area contributed by atoms with E-state index >= 15 is 0 Å². The summed E-state index contributed by atoms with van der Waals surface area (Å²) >= 11 is 3.52. The Labute approximate surface area is 134 Å². The Morgan fingerprint density at radius 1 is 1.24 bits per heavy atom. The number of amides is 2. The Kier molecular flexibility index (Phi) is 6.48. The molecule has 1 saturated heterocycles. The molecule has 0 aromatic heterocycles. The molecule has 5 nitrogen and oxygen atoms in total. The highest BCUT2D eigenvalue weighted by Gasteiger charge is 2.19. The lowest BCUT2D eigenvalue weighted by Crippen LogP contribution is -2.52. The van der Waals surface area contributed by atoms with Crippen LogP contribution in [0.3, 0.4) is 0 Å². The van der Waals surface area contributed by atoms with Gasteiger partial charge in [-0.2, -0.15) is 0 Å². The van der Waals surface area contributed by atoms with Crippen LogP contribution in [0, 0.1) is 0 Å². The van der Waals surface area contributed by atoms with Gasteiger partial charge in [-0.3, -0.25) is 4.90 Å². The number of rotatable bonds is 5. The molecule has 1 aromatic rings. The summed E-state index contributed by atoms with van der Waals surface area (Å²) < 4.78 is 1.09. The number of hydrogen-bond donors (Lipinski definition) is 2. The van der Waals surface area contributed by atoms with E-state index in [4.69, 9.17) is 5.73 Å². The number of piperazine rings is 1. The predicted molar refractivity (Wildman–Crippen MR) is 88.3 cm³/mol. The number of benzene rings is 1. The normalized spacial score (nSPS) is 16.0. The lowest BCUT2D eigenvalue weighted by molar-refractivity contribution is 0.141. The molecule has 0 unspecified atom stereocenters. The molecule has 21 heavy (non-hydrogen) atoms. The van der Waals surface area contributed by atoms with Gasteiger partial charge in [0.25, 0.3) is 0 Å². The van der Waals surface area contributed by atoms with Crippen LogP contribution < -0.4 is 11.1 Å². The molecule has 0 spiro atoms. The summed E-state index contributed by atoms with van der Waals surface area (Å²) in [5, 5.41) is 3.00. The van der Waals surface area contributed by atoms with Crippen LogP contribution in [0.5, 0.6) is 0 Å². The number of nitrogens with one attached hydrogen (secondary N) is 1. The van der Waals surface area contributed by atoms with E-state index in [1.165, 1.54) is 5.56 Å². The molecule has 1 aliphatic heterocycles. The summed E-state index contributed by atoms with van der Waals surface area (Å²) in [6, 6.07) is 8.13. The van der Waals surface area contributed by atoms with E-state index in [0.717, 1.165) is 43.6 Å². The molecule has 1 aromatic carbocycles. The van der Waals surface area contributed by atoms with Crippen LogP contribution in [0.2, 0.25) is 0 Å².